The number of imide groups is 1. The second-order valence-electron chi connectivity index (χ2n) is 5.29. The lowest BCUT2D eigenvalue weighted by molar-refractivity contribution is -0.124. The summed E-state index contributed by atoms with van der Waals surface area (Å²) in [5, 5.41) is 4.99. The van der Waals surface area contributed by atoms with Gasteiger partial charge >= 0.3 is 6.03 Å². The number of anilines is 1. The Morgan fingerprint density at radius 3 is 2.74 bits per heavy atom. The summed E-state index contributed by atoms with van der Waals surface area (Å²) in [7, 11) is 3.11. The van der Waals surface area contributed by atoms with Crippen molar-refractivity contribution < 1.29 is 14.4 Å². The summed E-state index contributed by atoms with van der Waals surface area (Å²) in [5.41, 5.74) is 0.671. The lowest BCUT2D eigenvalue weighted by Crippen LogP contribution is -2.47. The van der Waals surface area contributed by atoms with Crippen molar-refractivity contribution in [1.82, 2.24) is 15.5 Å². The number of carbonyl (C=O) groups is 3. The number of hydrogen-bond acceptors (Lipinski definition) is 4. The number of rotatable bonds is 4. The van der Waals surface area contributed by atoms with Gasteiger partial charge in [-0.25, -0.2) is 4.79 Å². The number of nitrogens with zero attached hydrogens (tertiary/aromatic N) is 2. The monoisotopic (exact) mass is 338 g/mol. The van der Waals surface area contributed by atoms with Crippen LogP contribution in [-0.2, 0) is 9.59 Å². The van der Waals surface area contributed by atoms with Crippen LogP contribution in [0.5, 0.6) is 0 Å². The Morgan fingerprint density at radius 1 is 1.39 bits per heavy atom. The van der Waals surface area contributed by atoms with E-state index >= 15 is 0 Å². The van der Waals surface area contributed by atoms with Crippen LogP contribution in [-0.4, -0.2) is 56.0 Å². The van der Waals surface area contributed by atoms with E-state index in [1.165, 1.54) is 7.05 Å². The zero-order valence-electron chi connectivity index (χ0n) is 13.0. The third kappa shape index (κ3) is 4.00. The Kier molecular flexibility index (Phi) is 5.57. The van der Waals surface area contributed by atoms with Gasteiger partial charge in [-0.05, 0) is 25.6 Å². The van der Waals surface area contributed by atoms with Gasteiger partial charge in [0.25, 0.3) is 0 Å². The maximum Gasteiger partial charge on any atom is 0.321 e. The molecular weight excluding hydrogens is 320 g/mol. The SMILES string of the molecule is CNC(=O)NC(=O)CN(C)[C@@H]1CCN(c2ccccc2Cl)C1=O. The second kappa shape index (κ2) is 7.43. The predicted molar refractivity (Wildman–Crippen MR) is 87.4 cm³/mol. The van der Waals surface area contributed by atoms with E-state index in [2.05, 4.69) is 10.6 Å². The first-order valence-electron chi connectivity index (χ1n) is 7.21. The zero-order valence-corrected chi connectivity index (χ0v) is 13.8. The number of nitrogens with one attached hydrogen (secondary N) is 2. The molecule has 1 aliphatic heterocycles. The quantitative estimate of drug-likeness (QED) is 0.852. The van der Waals surface area contributed by atoms with Crippen molar-refractivity contribution in [1.29, 1.82) is 0 Å². The van der Waals surface area contributed by atoms with Gasteiger partial charge in [-0.2, -0.15) is 0 Å². The molecule has 0 saturated carbocycles. The molecule has 7 nitrogen and oxygen atoms in total. The van der Waals surface area contributed by atoms with E-state index in [4.69, 9.17) is 11.6 Å². The first-order valence-corrected chi connectivity index (χ1v) is 7.59. The topological polar surface area (TPSA) is 81.8 Å². The number of likely N-dealkylation sites (N-methyl/N-ethyl adjacent to an activating group) is 1. The van der Waals surface area contributed by atoms with Gasteiger partial charge in [0.15, 0.2) is 0 Å². The summed E-state index contributed by atoms with van der Waals surface area (Å²) < 4.78 is 0. The van der Waals surface area contributed by atoms with Crippen LogP contribution in [0, 0.1) is 0 Å². The molecule has 4 amide bonds. The van der Waals surface area contributed by atoms with E-state index in [0.717, 1.165) is 0 Å². The third-order valence-electron chi connectivity index (χ3n) is 3.73. The fourth-order valence-electron chi connectivity index (χ4n) is 2.55. The van der Waals surface area contributed by atoms with E-state index in [0.29, 0.717) is 23.7 Å². The highest BCUT2D eigenvalue weighted by Crippen LogP contribution is 2.30. The molecule has 2 rings (SSSR count). The van der Waals surface area contributed by atoms with Crippen LogP contribution >= 0.6 is 11.6 Å². The van der Waals surface area contributed by atoms with Crippen molar-refractivity contribution in [2.45, 2.75) is 12.5 Å². The average molecular weight is 339 g/mol. The first-order chi connectivity index (χ1) is 10.9. The minimum atomic E-state index is -0.571. The van der Waals surface area contributed by atoms with E-state index in [-0.39, 0.29) is 12.5 Å². The molecule has 0 aromatic heterocycles. The minimum absolute atomic E-state index is 0.0415. The highest BCUT2D eigenvalue weighted by molar-refractivity contribution is 6.33. The highest BCUT2D eigenvalue weighted by atomic mass is 35.5. The Labute approximate surface area is 139 Å². The molecule has 0 unspecified atom stereocenters. The number of halogens is 1. The van der Waals surface area contributed by atoms with Crippen molar-refractivity contribution in [3.05, 3.63) is 29.3 Å². The Bertz CT molecular complexity index is 622. The molecule has 1 heterocycles. The fraction of sp³-hybridized carbons (Fsp3) is 0.400. The van der Waals surface area contributed by atoms with Crippen LogP contribution in [0.2, 0.25) is 5.02 Å². The second-order valence-corrected chi connectivity index (χ2v) is 5.70. The van der Waals surface area contributed by atoms with Crippen LogP contribution < -0.4 is 15.5 Å². The van der Waals surface area contributed by atoms with Gasteiger partial charge in [-0.3, -0.25) is 19.8 Å². The molecule has 1 saturated heterocycles. The molecule has 1 fully saturated rings. The van der Waals surface area contributed by atoms with Crippen LogP contribution in [0.1, 0.15) is 6.42 Å². The van der Waals surface area contributed by atoms with Gasteiger partial charge in [0, 0.05) is 13.6 Å². The van der Waals surface area contributed by atoms with Gasteiger partial charge < -0.3 is 10.2 Å². The van der Waals surface area contributed by atoms with Crippen LogP contribution in [0.3, 0.4) is 0 Å². The van der Waals surface area contributed by atoms with Crippen LogP contribution in [0.25, 0.3) is 0 Å². The molecule has 124 valence electrons. The van der Waals surface area contributed by atoms with Crippen molar-refractivity contribution in [2.24, 2.45) is 0 Å². The summed E-state index contributed by atoms with van der Waals surface area (Å²) in [5.74, 6) is -0.566. The highest BCUT2D eigenvalue weighted by Gasteiger charge is 2.36. The van der Waals surface area contributed by atoms with Crippen LogP contribution in [0.4, 0.5) is 10.5 Å². The van der Waals surface area contributed by atoms with Crippen LogP contribution in [0.15, 0.2) is 24.3 Å². The van der Waals surface area contributed by atoms with Gasteiger partial charge in [-0.15, -0.1) is 0 Å². The van der Waals surface area contributed by atoms with Crippen molar-refractivity contribution in [3.63, 3.8) is 0 Å². The molecule has 1 atom stereocenters. The summed E-state index contributed by atoms with van der Waals surface area (Å²) in [6.45, 7) is 0.495. The normalized spacial score (nSPS) is 17.5. The summed E-state index contributed by atoms with van der Waals surface area (Å²) in [6, 6.07) is 6.17. The molecular formula is C15H19ClN4O3. The maximum absolute atomic E-state index is 12.6. The Morgan fingerprint density at radius 2 is 2.09 bits per heavy atom. The van der Waals surface area contributed by atoms with Crippen molar-refractivity contribution in [3.8, 4) is 0 Å². The smallest absolute Gasteiger partial charge is 0.321 e. The van der Waals surface area contributed by atoms with Crippen molar-refractivity contribution in [2.75, 3.05) is 32.1 Å². The number of carbonyl (C=O) groups excluding carboxylic acids is 3. The minimum Gasteiger partial charge on any atom is -0.341 e. The molecule has 23 heavy (non-hydrogen) atoms. The van der Waals surface area contributed by atoms with E-state index in [9.17, 15) is 14.4 Å². The first kappa shape index (κ1) is 17.2. The number of benzene rings is 1. The fourth-order valence-corrected chi connectivity index (χ4v) is 2.79. The molecule has 1 aromatic rings. The summed E-state index contributed by atoms with van der Waals surface area (Å²) in [4.78, 5) is 38.7. The van der Waals surface area contributed by atoms with Gasteiger partial charge in [-0.1, -0.05) is 23.7 Å². The molecule has 1 aromatic carbocycles. The molecule has 8 heteroatoms. The summed E-state index contributed by atoms with van der Waals surface area (Å²) in [6.07, 6.45) is 0.591. The number of urea groups is 1. The number of para-hydroxylation sites is 1. The Balaban J connectivity index is 2.00. The van der Waals surface area contributed by atoms with E-state index < -0.39 is 18.0 Å². The predicted octanol–water partition coefficient (Wildman–Crippen LogP) is 0.833. The van der Waals surface area contributed by atoms with E-state index in [1.54, 1.807) is 35.0 Å². The standard InChI is InChI=1S/C15H19ClN4O3/c1-17-15(23)18-13(21)9-19(2)12-7-8-20(14(12)22)11-6-4-3-5-10(11)16/h3-6,12H,7-9H2,1-2H3,(H2,17,18,21,23)/t12-/m1/s1. The Hall–Kier alpha value is -2.12. The van der Waals surface area contributed by atoms with Gasteiger partial charge in [0.2, 0.25) is 11.8 Å². The molecule has 0 bridgehead atoms. The zero-order chi connectivity index (χ0) is 17.0. The largest absolute Gasteiger partial charge is 0.341 e. The molecule has 2 N–H and O–H groups in total. The van der Waals surface area contributed by atoms with Gasteiger partial charge in [0.1, 0.15) is 0 Å². The lowest BCUT2D eigenvalue weighted by atomic mass is 10.2. The van der Waals surface area contributed by atoms with Crippen molar-refractivity contribution >= 4 is 35.1 Å². The number of amides is 4. The molecule has 0 radical (unpaired) electrons. The molecule has 0 spiro atoms. The molecule has 0 aliphatic carbocycles. The average Bonchev–Trinajstić information content (AvgIpc) is 2.89. The maximum atomic E-state index is 12.6. The van der Waals surface area contributed by atoms with E-state index in [1.807, 2.05) is 6.07 Å². The molecule has 1 aliphatic rings. The summed E-state index contributed by atoms with van der Waals surface area (Å²) >= 11 is 6.14. The number of hydrogen-bond donors (Lipinski definition) is 2. The third-order valence-corrected chi connectivity index (χ3v) is 4.05. The lowest BCUT2D eigenvalue weighted by Gasteiger charge is -2.23. The van der Waals surface area contributed by atoms with Gasteiger partial charge in [0.05, 0.1) is 23.3 Å².